The zero-order valence-corrected chi connectivity index (χ0v) is 9.68. The van der Waals surface area contributed by atoms with Gasteiger partial charge in [-0.05, 0) is 23.6 Å². The van der Waals surface area contributed by atoms with Crippen molar-refractivity contribution in [2.75, 3.05) is 5.73 Å². The van der Waals surface area contributed by atoms with Crippen molar-refractivity contribution >= 4 is 22.4 Å². The number of nitro groups is 1. The number of pyridine rings is 1. The molecule has 17 heavy (non-hydrogen) atoms. The van der Waals surface area contributed by atoms with Crippen molar-refractivity contribution in [1.29, 1.82) is 0 Å². The summed E-state index contributed by atoms with van der Waals surface area (Å²) in [6, 6.07) is 6.45. The van der Waals surface area contributed by atoms with Gasteiger partial charge < -0.3 is 5.73 Å². The topological polar surface area (TPSA) is 82.0 Å². The second-order valence-electron chi connectivity index (χ2n) is 4.25. The Labute approximate surface area is 98.4 Å². The smallest absolute Gasteiger partial charge is 0.270 e. The van der Waals surface area contributed by atoms with Gasteiger partial charge in [0.15, 0.2) is 0 Å². The van der Waals surface area contributed by atoms with E-state index in [1.165, 1.54) is 12.1 Å². The molecule has 88 valence electrons. The lowest BCUT2D eigenvalue weighted by Gasteiger charge is -2.09. The molecule has 0 bridgehead atoms. The number of fused-ring (bicyclic) bond motifs is 1. The minimum absolute atomic E-state index is 0.0683. The lowest BCUT2D eigenvalue weighted by atomic mass is 10.0. The van der Waals surface area contributed by atoms with E-state index in [4.69, 9.17) is 5.73 Å². The molecule has 1 heterocycles. The van der Waals surface area contributed by atoms with Crippen LogP contribution in [0.25, 0.3) is 10.9 Å². The van der Waals surface area contributed by atoms with Gasteiger partial charge >= 0.3 is 0 Å². The largest absolute Gasteiger partial charge is 0.383 e. The van der Waals surface area contributed by atoms with Crippen molar-refractivity contribution < 1.29 is 4.92 Å². The summed E-state index contributed by atoms with van der Waals surface area (Å²) in [5, 5.41) is 11.4. The van der Waals surface area contributed by atoms with Crippen LogP contribution in [-0.2, 0) is 0 Å². The molecule has 0 aliphatic rings. The molecule has 2 N–H and O–H groups in total. The molecular formula is C12H13N3O2. The van der Waals surface area contributed by atoms with Gasteiger partial charge in [0, 0.05) is 17.5 Å². The maximum absolute atomic E-state index is 10.7. The molecule has 0 aliphatic heterocycles. The van der Waals surface area contributed by atoms with Gasteiger partial charge in [0.05, 0.1) is 10.4 Å². The van der Waals surface area contributed by atoms with Gasteiger partial charge in [-0.15, -0.1) is 0 Å². The van der Waals surface area contributed by atoms with Crippen molar-refractivity contribution in [3.05, 3.63) is 39.9 Å². The van der Waals surface area contributed by atoms with E-state index in [-0.39, 0.29) is 11.6 Å². The number of benzene rings is 1. The Bertz CT molecular complexity index is 594. The number of hydrogen-bond donors (Lipinski definition) is 1. The summed E-state index contributed by atoms with van der Waals surface area (Å²) in [7, 11) is 0. The first kappa shape index (κ1) is 11.3. The number of nitrogens with zero attached hydrogens (tertiary/aromatic N) is 2. The minimum atomic E-state index is -0.412. The molecule has 2 aromatic rings. The zero-order valence-electron chi connectivity index (χ0n) is 9.68. The van der Waals surface area contributed by atoms with Gasteiger partial charge in [0.1, 0.15) is 5.82 Å². The third-order valence-corrected chi connectivity index (χ3v) is 2.69. The molecule has 0 radical (unpaired) electrons. The highest BCUT2D eigenvalue weighted by molar-refractivity contribution is 5.83. The van der Waals surface area contributed by atoms with Crippen molar-refractivity contribution in [3.63, 3.8) is 0 Å². The van der Waals surface area contributed by atoms with Crippen LogP contribution >= 0.6 is 0 Å². The van der Waals surface area contributed by atoms with Crippen LogP contribution in [0.3, 0.4) is 0 Å². The molecule has 0 unspecified atom stereocenters. The molecule has 0 amide bonds. The number of aromatic nitrogens is 1. The van der Waals surface area contributed by atoms with Crippen molar-refractivity contribution in [2.45, 2.75) is 19.8 Å². The van der Waals surface area contributed by atoms with E-state index in [0.717, 1.165) is 10.9 Å². The summed E-state index contributed by atoms with van der Waals surface area (Å²) in [5.74, 6) is 0.729. The normalized spacial score (nSPS) is 11.0. The highest BCUT2D eigenvalue weighted by atomic mass is 16.6. The monoisotopic (exact) mass is 231 g/mol. The molecule has 5 nitrogen and oxygen atoms in total. The first-order chi connectivity index (χ1) is 7.99. The van der Waals surface area contributed by atoms with Gasteiger partial charge in [-0.2, -0.15) is 0 Å². The van der Waals surface area contributed by atoms with Crippen LogP contribution in [0.2, 0.25) is 0 Å². The van der Waals surface area contributed by atoms with Crippen LogP contribution in [0.15, 0.2) is 24.3 Å². The number of nitrogens with two attached hydrogens (primary N) is 1. The number of rotatable bonds is 2. The Kier molecular flexibility index (Phi) is 2.67. The van der Waals surface area contributed by atoms with Gasteiger partial charge in [0.25, 0.3) is 5.69 Å². The second-order valence-corrected chi connectivity index (χ2v) is 4.25. The Balaban J connectivity index is 2.68. The minimum Gasteiger partial charge on any atom is -0.383 e. The van der Waals surface area contributed by atoms with E-state index in [2.05, 4.69) is 4.98 Å². The SMILES string of the molecule is CC(C)c1cc2cc([N+](=O)[O-])ccc2nc1N. The number of nitrogen functional groups attached to an aromatic ring is 1. The van der Waals surface area contributed by atoms with Crippen LogP contribution in [0, 0.1) is 10.1 Å². The number of nitro benzene ring substituents is 1. The standard InChI is InChI=1S/C12H13N3O2/c1-7(2)10-6-8-5-9(15(16)17)3-4-11(8)14-12(10)13/h3-7H,1-2H3,(H2,13,14). The summed E-state index contributed by atoms with van der Waals surface area (Å²) in [6.07, 6.45) is 0. The Morgan fingerprint density at radius 3 is 2.65 bits per heavy atom. The molecule has 5 heteroatoms. The third-order valence-electron chi connectivity index (χ3n) is 2.69. The fraction of sp³-hybridized carbons (Fsp3) is 0.250. The summed E-state index contributed by atoms with van der Waals surface area (Å²) in [4.78, 5) is 14.5. The van der Waals surface area contributed by atoms with Crippen molar-refractivity contribution in [1.82, 2.24) is 4.98 Å². The van der Waals surface area contributed by atoms with Gasteiger partial charge in [-0.3, -0.25) is 10.1 Å². The lowest BCUT2D eigenvalue weighted by Crippen LogP contribution is -2.00. The molecule has 1 aromatic heterocycles. The quantitative estimate of drug-likeness (QED) is 0.636. The average Bonchev–Trinajstić information content (AvgIpc) is 2.27. The average molecular weight is 231 g/mol. The molecule has 2 rings (SSSR count). The van der Waals surface area contributed by atoms with Crippen LogP contribution < -0.4 is 5.73 Å². The first-order valence-electron chi connectivity index (χ1n) is 5.33. The van der Waals surface area contributed by atoms with Crippen LogP contribution in [0.4, 0.5) is 11.5 Å². The zero-order chi connectivity index (χ0) is 12.6. The highest BCUT2D eigenvalue weighted by Gasteiger charge is 2.11. The maximum Gasteiger partial charge on any atom is 0.270 e. The predicted octanol–water partition coefficient (Wildman–Crippen LogP) is 2.85. The Hall–Kier alpha value is -2.17. The van der Waals surface area contributed by atoms with E-state index in [1.807, 2.05) is 19.9 Å². The van der Waals surface area contributed by atoms with Crippen LogP contribution in [-0.4, -0.2) is 9.91 Å². The fourth-order valence-electron chi connectivity index (χ4n) is 1.77. The van der Waals surface area contributed by atoms with E-state index in [0.29, 0.717) is 11.3 Å². The van der Waals surface area contributed by atoms with Crippen molar-refractivity contribution in [2.24, 2.45) is 0 Å². The Morgan fingerprint density at radius 1 is 1.35 bits per heavy atom. The highest BCUT2D eigenvalue weighted by Crippen LogP contribution is 2.27. The number of non-ortho nitro benzene ring substituents is 1. The summed E-state index contributed by atoms with van der Waals surface area (Å²) >= 11 is 0. The molecule has 0 saturated carbocycles. The van der Waals surface area contributed by atoms with E-state index < -0.39 is 4.92 Å². The molecule has 0 atom stereocenters. The number of anilines is 1. The first-order valence-corrected chi connectivity index (χ1v) is 5.33. The molecule has 0 fully saturated rings. The van der Waals surface area contributed by atoms with E-state index in [9.17, 15) is 10.1 Å². The van der Waals surface area contributed by atoms with E-state index in [1.54, 1.807) is 6.07 Å². The van der Waals surface area contributed by atoms with Crippen molar-refractivity contribution in [3.8, 4) is 0 Å². The molecule has 1 aromatic carbocycles. The molecule has 0 spiro atoms. The fourth-order valence-corrected chi connectivity index (χ4v) is 1.77. The number of hydrogen-bond acceptors (Lipinski definition) is 4. The summed E-state index contributed by atoms with van der Waals surface area (Å²) in [5.41, 5.74) is 7.50. The van der Waals surface area contributed by atoms with Gasteiger partial charge in [-0.25, -0.2) is 4.98 Å². The second kappa shape index (κ2) is 4.01. The molecule has 0 saturated heterocycles. The lowest BCUT2D eigenvalue weighted by molar-refractivity contribution is -0.384. The van der Waals surface area contributed by atoms with Gasteiger partial charge in [0.2, 0.25) is 0 Å². The van der Waals surface area contributed by atoms with Crippen LogP contribution in [0.5, 0.6) is 0 Å². The predicted molar refractivity (Wildman–Crippen MR) is 66.9 cm³/mol. The van der Waals surface area contributed by atoms with E-state index >= 15 is 0 Å². The molecular weight excluding hydrogens is 218 g/mol. The third kappa shape index (κ3) is 2.04. The Morgan fingerprint density at radius 2 is 2.06 bits per heavy atom. The maximum atomic E-state index is 10.7. The van der Waals surface area contributed by atoms with Gasteiger partial charge in [-0.1, -0.05) is 13.8 Å². The summed E-state index contributed by atoms with van der Waals surface area (Å²) in [6.45, 7) is 4.02. The summed E-state index contributed by atoms with van der Waals surface area (Å²) < 4.78 is 0. The molecule has 0 aliphatic carbocycles. The van der Waals surface area contributed by atoms with Crippen LogP contribution in [0.1, 0.15) is 25.3 Å².